The summed E-state index contributed by atoms with van der Waals surface area (Å²) >= 11 is 7.31. The van der Waals surface area contributed by atoms with Gasteiger partial charge in [0.25, 0.3) is 10.2 Å². The predicted octanol–water partition coefficient (Wildman–Crippen LogP) is 2.01. The zero-order valence-electron chi connectivity index (χ0n) is 12.4. The Bertz CT molecular complexity index is 560. The molecule has 1 N–H and O–H groups in total. The van der Waals surface area contributed by atoms with Gasteiger partial charge in [-0.1, -0.05) is 11.6 Å². The minimum absolute atomic E-state index is 0.368. The zero-order chi connectivity index (χ0) is 15.5. The van der Waals surface area contributed by atoms with E-state index in [0.717, 1.165) is 24.3 Å². The first-order valence-electron chi connectivity index (χ1n) is 7.03. The van der Waals surface area contributed by atoms with Crippen molar-refractivity contribution in [3.05, 3.63) is 21.3 Å². The molecule has 5 nitrogen and oxygen atoms in total. The van der Waals surface area contributed by atoms with E-state index in [2.05, 4.69) is 5.32 Å². The lowest BCUT2D eigenvalue weighted by atomic mass is 10.00. The molecule has 21 heavy (non-hydrogen) atoms. The van der Waals surface area contributed by atoms with Gasteiger partial charge in [0.15, 0.2) is 0 Å². The number of hydrogen-bond acceptors (Lipinski definition) is 4. The van der Waals surface area contributed by atoms with Crippen molar-refractivity contribution < 1.29 is 8.42 Å². The van der Waals surface area contributed by atoms with Gasteiger partial charge in [-0.15, -0.1) is 11.3 Å². The van der Waals surface area contributed by atoms with Crippen LogP contribution in [0, 0.1) is 5.92 Å². The van der Waals surface area contributed by atoms with E-state index in [4.69, 9.17) is 11.6 Å². The van der Waals surface area contributed by atoms with Gasteiger partial charge in [0, 0.05) is 31.6 Å². The monoisotopic (exact) mass is 351 g/mol. The lowest BCUT2D eigenvalue weighted by Crippen LogP contribution is -2.47. The molecule has 8 heteroatoms. The van der Waals surface area contributed by atoms with Crippen molar-refractivity contribution in [1.82, 2.24) is 13.9 Å². The lowest BCUT2D eigenvalue weighted by molar-refractivity contribution is 0.248. The minimum atomic E-state index is -3.40. The first kappa shape index (κ1) is 17.2. The molecular weight excluding hydrogens is 330 g/mol. The number of nitrogens with zero attached hydrogens (tertiary/aromatic N) is 2. The minimum Gasteiger partial charge on any atom is -0.319 e. The molecule has 2 heterocycles. The molecule has 0 aromatic carbocycles. The van der Waals surface area contributed by atoms with Gasteiger partial charge >= 0.3 is 0 Å². The zero-order valence-corrected chi connectivity index (χ0v) is 14.8. The number of nitrogens with one attached hydrogen (secondary N) is 1. The van der Waals surface area contributed by atoms with Crippen LogP contribution in [0.4, 0.5) is 0 Å². The molecule has 1 aromatic heterocycles. The van der Waals surface area contributed by atoms with Crippen molar-refractivity contribution in [3.63, 3.8) is 0 Å². The second-order valence-electron chi connectivity index (χ2n) is 5.39. The van der Waals surface area contributed by atoms with Crippen molar-refractivity contribution in [3.8, 4) is 0 Å². The molecule has 0 aliphatic carbocycles. The Balaban J connectivity index is 2.02. The third kappa shape index (κ3) is 4.40. The van der Waals surface area contributed by atoms with E-state index >= 15 is 0 Å². The van der Waals surface area contributed by atoms with E-state index < -0.39 is 10.2 Å². The Labute approximate surface area is 136 Å². The molecule has 1 atom stereocenters. The molecule has 0 bridgehead atoms. The summed E-state index contributed by atoms with van der Waals surface area (Å²) in [4.78, 5) is 0.954. The Hall–Kier alpha value is -0.180. The van der Waals surface area contributed by atoms with Gasteiger partial charge in [0.05, 0.1) is 4.34 Å². The summed E-state index contributed by atoms with van der Waals surface area (Å²) < 4.78 is 29.0. The molecule has 1 fully saturated rings. The van der Waals surface area contributed by atoms with Crippen LogP contribution in [0.3, 0.4) is 0 Å². The van der Waals surface area contributed by atoms with Crippen molar-refractivity contribution in [2.24, 2.45) is 5.92 Å². The summed E-state index contributed by atoms with van der Waals surface area (Å²) in [6, 6.07) is 3.67. The molecular formula is C13H22ClN3O2S2. The number of rotatable bonds is 6. The van der Waals surface area contributed by atoms with E-state index in [-0.39, 0.29) is 0 Å². The fourth-order valence-corrected chi connectivity index (χ4v) is 5.30. The fourth-order valence-electron chi connectivity index (χ4n) is 2.63. The molecule has 0 radical (unpaired) electrons. The largest absolute Gasteiger partial charge is 0.319 e. The first-order valence-corrected chi connectivity index (χ1v) is 9.63. The van der Waals surface area contributed by atoms with E-state index in [1.165, 1.54) is 15.6 Å². The van der Waals surface area contributed by atoms with Crippen molar-refractivity contribution in [1.29, 1.82) is 0 Å². The number of thiophene rings is 1. The van der Waals surface area contributed by atoms with Crippen LogP contribution in [-0.2, 0) is 16.8 Å². The van der Waals surface area contributed by atoms with Gasteiger partial charge < -0.3 is 5.32 Å². The van der Waals surface area contributed by atoms with Gasteiger partial charge in [-0.05, 0) is 44.5 Å². The van der Waals surface area contributed by atoms with Crippen molar-refractivity contribution >= 4 is 33.1 Å². The molecule has 1 aromatic rings. The van der Waals surface area contributed by atoms with Crippen LogP contribution in [0.25, 0.3) is 0 Å². The maximum Gasteiger partial charge on any atom is 0.282 e. The second kappa shape index (κ2) is 7.39. The summed E-state index contributed by atoms with van der Waals surface area (Å²) in [7, 11) is 0.133. The predicted molar refractivity (Wildman–Crippen MR) is 87.9 cm³/mol. The molecule has 0 spiro atoms. The third-order valence-electron chi connectivity index (χ3n) is 3.70. The van der Waals surface area contributed by atoms with Crippen LogP contribution < -0.4 is 5.32 Å². The molecule has 1 aliphatic heterocycles. The highest BCUT2D eigenvalue weighted by Crippen LogP contribution is 2.25. The van der Waals surface area contributed by atoms with E-state index in [9.17, 15) is 8.42 Å². The highest BCUT2D eigenvalue weighted by Gasteiger charge is 2.31. The fraction of sp³-hybridized carbons (Fsp3) is 0.692. The third-order valence-corrected chi connectivity index (χ3v) is 6.82. The van der Waals surface area contributed by atoms with Gasteiger partial charge in [-0.25, -0.2) is 0 Å². The normalized spacial score (nSPS) is 21.0. The highest BCUT2D eigenvalue weighted by atomic mass is 35.5. The number of piperidine rings is 1. The van der Waals surface area contributed by atoms with Gasteiger partial charge in [-0.2, -0.15) is 17.0 Å². The highest BCUT2D eigenvalue weighted by molar-refractivity contribution is 7.86. The molecule has 0 saturated carbocycles. The standard InChI is InChI=1S/C13H22ClN3O2S2/c1-15-8-11-4-3-7-17(9-11)21(18,19)16(2)10-12-5-6-13(14)20-12/h5-6,11,15H,3-4,7-10H2,1-2H3. The Morgan fingerprint density at radius 2 is 2.29 bits per heavy atom. The smallest absolute Gasteiger partial charge is 0.282 e. The SMILES string of the molecule is CNCC1CCCN(S(=O)(=O)N(C)Cc2ccc(Cl)s2)C1. The van der Waals surface area contributed by atoms with Crippen LogP contribution in [0.5, 0.6) is 0 Å². The first-order chi connectivity index (χ1) is 9.93. The Morgan fingerprint density at radius 3 is 2.90 bits per heavy atom. The van der Waals surface area contributed by atoms with Crippen LogP contribution >= 0.6 is 22.9 Å². The van der Waals surface area contributed by atoms with Crippen molar-refractivity contribution in [2.75, 3.05) is 33.7 Å². The maximum absolute atomic E-state index is 12.6. The summed E-state index contributed by atoms with van der Waals surface area (Å²) in [5, 5.41) is 3.13. The molecule has 1 aliphatic rings. The molecule has 0 amide bonds. The van der Waals surface area contributed by atoms with Gasteiger partial charge in [0.2, 0.25) is 0 Å². The average Bonchev–Trinajstić information content (AvgIpc) is 2.85. The van der Waals surface area contributed by atoms with E-state index in [1.807, 2.05) is 13.1 Å². The summed E-state index contributed by atoms with van der Waals surface area (Å²) in [5.74, 6) is 0.392. The summed E-state index contributed by atoms with van der Waals surface area (Å²) in [6.45, 7) is 2.43. The topological polar surface area (TPSA) is 52.7 Å². The number of hydrogen-bond donors (Lipinski definition) is 1. The van der Waals surface area contributed by atoms with E-state index in [1.54, 1.807) is 17.4 Å². The molecule has 1 saturated heterocycles. The molecule has 120 valence electrons. The average molecular weight is 352 g/mol. The summed E-state index contributed by atoms with van der Waals surface area (Å²) in [5.41, 5.74) is 0. The van der Waals surface area contributed by atoms with Crippen LogP contribution in [0.15, 0.2) is 12.1 Å². The Morgan fingerprint density at radius 1 is 1.52 bits per heavy atom. The summed E-state index contributed by atoms with van der Waals surface area (Å²) in [6.07, 6.45) is 2.00. The molecule has 2 rings (SSSR count). The quantitative estimate of drug-likeness (QED) is 0.853. The Kier molecular flexibility index (Phi) is 6.05. The van der Waals surface area contributed by atoms with Gasteiger partial charge in [-0.3, -0.25) is 0 Å². The van der Waals surface area contributed by atoms with Gasteiger partial charge in [0.1, 0.15) is 0 Å². The van der Waals surface area contributed by atoms with E-state index in [0.29, 0.717) is 29.9 Å². The maximum atomic E-state index is 12.6. The molecule has 1 unspecified atom stereocenters. The second-order valence-corrected chi connectivity index (χ2v) is 9.23. The van der Waals surface area contributed by atoms with Crippen molar-refractivity contribution in [2.45, 2.75) is 19.4 Å². The number of halogens is 1. The van der Waals surface area contributed by atoms with Crippen LogP contribution in [-0.4, -0.2) is 50.8 Å². The van der Waals surface area contributed by atoms with Crippen LogP contribution in [0.1, 0.15) is 17.7 Å². The van der Waals surface area contributed by atoms with Crippen LogP contribution in [0.2, 0.25) is 4.34 Å². The lowest BCUT2D eigenvalue weighted by Gasteiger charge is -2.34.